The first kappa shape index (κ1) is 21.4. The Hall–Kier alpha value is -3.33. The molecule has 0 aliphatic rings. The monoisotopic (exact) mass is 423 g/mol. The van der Waals surface area contributed by atoms with Crippen molar-refractivity contribution in [3.8, 4) is 0 Å². The van der Waals surface area contributed by atoms with E-state index < -0.39 is 0 Å². The van der Waals surface area contributed by atoms with Gasteiger partial charge in [0.15, 0.2) is 5.69 Å². The van der Waals surface area contributed by atoms with E-state index in [4.69, 9.17) is 0 Å². The van der Waals surface area contributed by atoms with E-state index in [1.807, 2.05) is 68.2 Å². The third-order valence-electron chi connectivity index (χ3n) is 4.32. The number of imidazole rings is 1. The molecule has 2 N–H and O–H groups in total. The molecule has 0 saturated heterocycles. The van der Waals surface area contributed by atoms with Crippen LogP contribution in [0.4, 0.5) is 5.95 Å². The van der Waals surface area contributed by atoms with E-state index >= 15 is 0 Å². The average Bonchev–Trinajstić information content (AvgIpc) is 3.42. The number of pyridine rings is 1. The zero-order chi connectivity index (χ0) is 21.5. The van der Waals surface area contributed by atoms with Gasteiger partial charge in [-0.1, -0.05) is 19.9 Å². The Kier molecular flexibility index (Phi) is 7.08. The van der Waals surface area contributed by atoms with E-state index in [9.17, 15) is 4.79 Å². The van der Waals surface area contributed by atoms with Crippen molar-refractivity contribution < 1.29 is 4.79 Å². The Labute approximate surface area is 179 Å². The first-order chi connectivity index (χ1) is 14.6. The molecule has 0 aromatic carbocycles. The fourth-order valence-electron chi connectivity index (χ4n) is 2.79. The molecule has 4 heterocycles. The highest BCUT2D eigenvalue weighted by atomic mass is 32.1. The maximum absolute atomic E-state index is 12.8. The van der Waals surface area contributed by atoms with Crippen molar-refractivity contribution in [3.63, 3.8) is 0 Å². The topological polar surface area (TPSA) is 97.6 Å². The molecule has 0 aliphatic carbocycles. The van der Waals surface area contributed by atoms with Gasteiger partial charge in [-0.15, -0.1) is 11.3 Å². The van der Waals surface area contributed by atoms with Gasteiger partial charge in [0.2, 0.25) is 5.95 Å². The minimum atomic E-state index is -0.258. The molecular formula is C21H25N7OS. The maximum Gasteiger partial charge on any atom is 0.271 e. The average molecular weight is 424 g/mol. The second kappa shape index (κ2) is 9.93. The first-order valence-corrected chi connectivity index (χ1v) is 10.7. The smallest absolute Gasteiger partial charge is 0.271 e. The van der Waals surface area contributed by atoms with E-state index in [-0.39, 0.29) is 11.9 Å². The molecule has 30 heavy (non-hydrogen) atoms. The summed E-state index contributed by atoms with van der Waals surface area (Å²) >= 11 is 1.45. The van der Waals surface area contributed by atoms with Crippen LogP contribution in [0.3, 0.4) is 0 Å². The molecule has 4 aromatic rings. The number of aryl methyl sites for hydroxylation is 1. The number of nitrogens with one attached hydrogen (secondary N) is 2. The molecule has 4 rings (SSSR count). The molecule has 1 atom stereocenters. The second-order valence-electron chi connectivity index (χ2n) is 6.29. The summed E-state index contributed by atoms with van der Waals surface area (Å²) in [6, 6.07) is 7.52. The Balaban J connectivity index is 0.00000124. The third kappa shape index (κ3) is 4.80. The zero-order valence-corrected chi connectivity index (χ0v) is 18.3. The lowest BCUT2D eigenvalue weighted by molar-refractivity contribution is 0.0946. The van der Waals surface area contributed by atoms with Gasteiger partial charge in [-0.05, 0) is 30.5 Å². The third-order valence-corrected chi connectivity index (χ3v) is 5.23. The number of nitrogens with zero attached hydrogens (tertiary/aromatic N) is 5. The molecule has 9 heteroatoms. The van der Waals surface area contributed by atoms with Gasteiger partial charge in [0.1, 0.15) is 5.82 Å². The number of thiophene rings is 1. The van der Waals surface area contributed by atoms with Crippen molar-refractivity contribution in [1.29, 1.82) is 0 Å². The lowest BCUT2D eigenvalue weighted by atomic mass is 10.2. The Morgan fingerprint density at radius 1 is 1.17 bits per heavy atom. The Bertz CT molecular complexity index is 1110. The molecule has 0 radical (unpaired) electrons. The molecule has 0 fully saturated rings. The number of rotatable bonds is 6. The first-order valence-electron chi connectivity index (χ1n) is 9.79. The van der Waals surface area contributed by atoms with Crippen LogP contribution in [0.2, 0.25) is 0 Å². The minimum absolute atomic E-state index is 0.0965. The molecular weight excluding hydrogens is 398 g/mol. The van der Waals surface area contributed by atoms with Crippen LogP contribution in [0.15, 0.2) is 48.2 Å². The van der Waals surface area contributed by atoms with Crippen LogP contribution in [-0.2, 0) is 13.6 Å². The standard InChI is InChI=1S/C19H19N7OS.C2H6/c1-12(13-5-3-4-7-20-13)23-19-24-14-6-10-28-17(14)16(25-19)18(27)22-11-15-21-8-9-26(15)2;1-2/h3-10,12H,11H2,1-2H3,(H,22,27)(H,23,24,25);1-2H3/t12-;/m0./s1. The van der Waals surface area contributed by atoms with Gasteiger partial charge >= 0.3 is 0 Å². The van der Waals surface area contributed by atoms with Gasteiger partial charge in [0.05, 0.1) is 28.5 Å². The van der Waals surface area contributed by atoms with Crippen molar-refractivity contribution in [3.05, 3.63) is 65.4 Å². The molecule has 0 bridgehead atoms. The summed E-state index contributed by atoms with van der Waals surface area (Å²) in [4.78, 5) is 30.4. The van der Waals surface area contributed by atoms with Crippen LogP contribution in [0.25, 0.3) is 10.2 Å². The number of hydrogen-bond donors (Lipinski definition) is 2. The van der Waals surface area contributed by atoms with Crippen LogP contribution in [-0.4, -0.2) is 30.4 Å². The van der Waals surface area contributed by atoms with Crippen molar-refractivity contribution in [2.75, 3.05) is 5.32 Å². The Morgan fingerprint density at radius 2 is 2.00 bits per heavy atom. The highest BCUT2D eigenvalue weighted by Crippen LogP contribution is 2.25. The predicted molar refractivity (Wildman–Crippen MR) is 119 cm³/mol. The van der Waals surface area contributed by atoms with E-state index in [0.29, 0.717) is 18.2 Å². The van der Waals surface area contributed by atoms with Crippen LogP contribution >= 0.6 is 11.3 Å². The molecule has 156 valence electrons. The van der Waals surface area contributed by atoms with Crippen molar-refractivity contribution in [1.82, 2.24) is 29.8 Å². The van der Waals surface area contributed by atoms with Crippen molar-refractivity contribution >= 4 is 33.4 Å². The van der Waals surface area contributed by atoms with Gasteiger partial charge in [-0.3, -0.25) is 9.78 Å². The van der Waals surface area contributed by atoms with E-state index in [0.717, 1.165) is 21.7 Å². The SMILES string of the molecule is CC.C[C@H](Nc1nc(C(=O)NCc2nccn2C)c2sccc2n1)c1ccccn1. The lowest BCUT2D eigenvalue weighted by Crippen LogP contribution is -2.26. The molecule has 4 aromatic heterocycles. The van der Waals surface area contributed by atoms with Crippen LogP contribution in [0, 0.1) is 0 Å². The van der Waals surface area contributed by atoms with Gasteiger partial charge in [0.25, 0.3) is 5.91 Å². The maximum atomic E-state index is 12.8. The fourth-order valence-corrected chi connectivity index (χ4v) is 3.61. The van der Waals surface area contributed by atoms with Crippen molar-refractivity contribution in [2.45, 2.75) is 33.4 Å². The molecule has 0 saturated carbocycles. The number of aromatic nitrogens is 5. The summed E-state index contributed by atoms with van der Waals surface area (Å²) in [5, 5.41) is 8.03. The summed E-state index contributed by atoms with van der Waals surface area (Å²) in [6.45, 7) is 6.30. The lowest BCUT2D eigenvalue weighted by Gasteiger charge is -2.14. The summed E-state index contributed by atoms with van der Waals surface area (Å²) in [5.74, 6) is 0.907. The van der Waals surface area contributed by atoms with Crippen LogP contribution in [0.5, 0.6) is 0 Å². The van der Waals surface area contributed by atoms with Gasteiger partial charge in [-0.25, -0.2) is 15.0 Å². The molecule has 1 amide bonds. The fraction of sp³-hybridized carbons (Fsp3) is 0.286. The van der Waals surface area contributed by atoms with Crippen molar-refractivity contribution in [2.24, 2.45) is 7.05 Å². The summed E-state index contributed by atoms with van der Waals surface area (Å²) < 4.78 is 2.62. The van der Waals surface area contributed by atoms with Crippen LogP contribution < -0.4 is 10.6 Å². The molecule has 8 nitrogen and oxygen atoms in total. The largest absolute Gasteiger partial charge is 0.346 e. The number of carbonyl (C=O) groups is 1. The van der Waals surface area contributed by atoms with Crippen LogP contribution in [0.1, 0.15) is 48.8 Å². The Morgan fingerprint density at radius 3 is 2.70 bits per heavy atom. The highest BCUT2D eigenvalue weighted by Gasteiger charge is 2.18. The summed E-state index contributed by atoms with van der Waals surface area (Å²) in [6.07, 6.45) is 5.28. The quantitative estimate of drug-likeness (QED) is 0.487. The van der Waals surface area contributed by atoms with E-state index in [2.05, 4.69) is 30.6 Å². The second-order valence-corrected chi connectivity index (χ2v) is 7.20. The van der Waals surface area contributed by atoms with Gasteiger partial charge in [-0.2, -0.15) is 0 Å². The zero-order valence-electron chi connectivity index (χ0n) is 17.5. The highest BCUT2D eigenvalue weighted by molar-refractivity contribution is 7.17. The summed E-state index contributed by atoms with van der Waals surface area (Å²) in [7, 11) is 1.89. The summed E-state index contributed by atoms with van der Waals surface area (Å²) in [5.41, 5.74) is 1.96. The van der Waals surface area contributed by atoms with Gasteiger partial charge in [0, 0.05) is 25.6 Å². The number of carbonyl (C=O) groups excluding carboxylic acids is 1. The minimum Gasteiger partial charge on any atom is -0.346 e. The normalized spacial score (nSPS) is 11.5. The number of hydrogen-bond acceptors (Lipinski definition) is 7. The number of anilines is 1. The predicted octanol–water partition coefficient (Wildman–Crippen LogP) is 3.95. The molecule has 0 unspecified atom stereocenters. The molecule has 0 spiro atoms. The molecule has 0 aliphatic heterocycles. The van der Waals surface area contributed by atoms with Gasteiger partial charge < -0.3 is 15.2 Å². The number of fused-ring (bicyclic) bond motifs is 1. The van der Waals surface area contributed by atoms with E-state index in [1.165, 1.54) is 11.3 Å². The van der Waals surface area contributed by atoms with E-state index in [1.54, 1.807) is 12.4 Å². The number of amides is 1.